The minimum atomic E-state index is -0.675. The van der Waals surface area contributed by atoms with E-state index in [1.165, 1.54) is 7.11 Å². The monoisotopic (exact) mass is 182 g/mol. The maximum Gasteiger partial charge on any atom is 0.408 e. The SMILES string of the molecule is COC(=O)NC1(C#N)CCCCC1. The Bertz CT molecular complexity index is 226. The predicted octanol–water partition coefficient (Wildman–Crippen LogP) is 1.57. The molecule has 0 aliphatic heterocycles. The van der Waals surface area contributed by atoms with Gasteiger partial charge in [-0.2, -0.15) is 5.26 Å². The van der Waals surface area contributed by atoms with Crippen LogP contribution in [0.5, 0.6) is 0 Å². The molecule has 1 fully saturated rings. The Morgan fingerprint density at radius 1 is 1.46 bits per heavy atom. The van der Waals surface area contributed by atoms with Crippen molar-refractivity contribution in [2.75, 3.05) is 7.11 Å². The maximum atomic E-state index is 11.0. The number of nitrogens with zero attached hydrogens (tertiary/aromatic N) is 1. The molecule has 1 amide bonds. The fourth-order valence-electron chi connectivity index (χ4n) is 1.67. The molecule has 0 unspecified atom stereocenters. The van der Waals surface area contributed by atoms with Crippen LogP contribution in [0.25, 0.3) is 0 Å². The summed E-state index contributed by atoms with van der Waals surface area (Å²) in [5.74, 6) is 0. The second kappa shape index (κ2) is 4.13. The fraction of sp³-hybridized carbons (Fsp3) is 0.778. The molecule has 1 aliphatic rings. The van der Waals surface area contributed by atoms with Crippen molar-refractivity contribution < 1.29 is 9.53 Å². The van der Waals surface area contributed by atoms with E-state index >= 15 is 0 Å². The van der Waals surface area contributed by atoms with Crippen LogP contribution in [0.1, 0.15) is 32.1 Å². The summed E-state index contributed by atoms with van der Waals surface area (Å²) >= 11 is 0. The Kier molecular flexibility index (Phi) is 3.13. The van der Waals surface area contributed by atoms with E-state index in [0.717, 1.165) is 32.1 Å². The number of methoxy groups -OCH3 is 1. The van der Waals surface area contributed by atoms with Crippen molar-refractivity contribution in [3.63, 3.8) is 0 Å². The Morgan fingerprint density at radius 3 is 2.54 bits per heavy atom. The zero-order valence-electron chi connectivity index (χ0n) is 7.80. The van der Waals surface area contributed by atoms with Crippen LogP contribution in [0.4, 0.5) is 4.79 Å². The Hall–Kier alpha value is -1.24. The van der Waals surface area contributed by atoms with Crippen molar-refractivity contribution in [1.29, 1.82) is 5.26 Å². The minimum Gasteiger partial charge on any atom is -0.453 e. The molecule has 13 heavy (non-hydrogen) atoms. The van der Waals surface area contributed by atoms with Crippen molar-refractivity contribution in [3.8, 4) is 6.07 Å². The quantitative estimate of drug-likeness (QED) is 0.669. The molecule has 0 spiro atoms. The summed E-state index contributed by atoms with van der Waals surface area (Å²) in [7, 11) is 1.31. The second-order valence-electron chi connectivity index (χ2n) is 3.37. The smallest absolute Gasteiger partial charge is 0.408 e. The summed E-state index contributed by atoms with van der Waals surface area (Å²) in [5, 5.41) is 11.6. The van der Waals surface area contributed by atoms with E-state index in [1.54, 1.807) is 0 Å². The van der Waals surface area contributed by atoms with E-state index in [4.69, 9.17) is 5.26 Å². The van der Waals surface area contributed by atoms with Gasteiger partial charge in [0.05, 0.1) is 13.2 Å². The van der Waals surface area contributed by atoms with Crippen LogP contribution < -0.4 is 5.32 Å². The van der Waals surface area contributed by atoms with Crippen LogP contribution in [0.3, 0.4) is 0 Å². The van der Waals surface area contributed by atoms with Gasteiger partial charge < -0.3 is 10.1 Å². The summed E-state index contributed by atoms with van der Waals surface area (Å²) in [6.07, 6.45) is 4.10. The molecular formula is C9H14N2O2. The van der Waals surface area contributed by atoms with E-state index in [0.29, 0.717) is 0 Å². The van der Waals surface area contributed by atoms with Gasteiger partial charge in [0.1, 0.15) is 5.54 Å². The molecule has 0 radical (unpaired) electrons. The van der Waals surface area contributed by atoms with Gasteiger partial charge in [0.15, 0.2) is 0 Å². The van der Waals surface area contributed by atoms with Gasteiger partial charge in [-0.15, -0.1) is 0 Å². The van der Waals surface area contributed by atoms with Gasteiger partial charge in [-0.25, -0.2) is 4.79 Å². The number of rotatable bonds is 1. The summed E-state index contributed by atoms with van der Waals surface area (Å²) in [4.78, 5) is 11.0. The fourth-order valence-corrected chi connectivity index (χ4v) is 1.67. The zero-order chi connectivity index (χ0) is 9.73. The van der Waals surface area contributed by atoms with E-state index in [1.807, 2.05) is 0 Å². The van der Waals surface area contributed by atoms with Crippen LogP contribution in [0.15, 0.2) is 0 Å². The number of ether oxygens (including phenoxy) is 1. The standard InChI is InChI=1S/C9H14N2O2/c1-13-8(12)11-9(7-10)5-3-2-4-6-9/h2-6H2,1H3,(H,11,12). The minimum absolute atomic E-state index is 0.511. The number of amides is 1. The molecule has 4 nitrogen and oxygen atoms in total. The van der Waals surface area contributed by atoms with Gasteiger partial charge in [-0.05, 0) is 12.8 Å². The van der Waals surface area contributed by atoms with Gasteiger partial charge in [0.25, 0.3) is 0 Å². The van der Waals surface area contributed by atoms with Crippen molar-refractivity contribution in [2.45, 2.75) is 37.6 Å². The van der Waals surface area contributed by atoms with Gasteiger partial charge in [0.2, 0.25) is 0 Å². The molecule has 1 rings (SSSR count). The molecule has 1 aliphatic carbocycles. The lowest BCUT2D eigenvalue weighted by molar-refractivity contribution is 0.155. The first-order valence-corrected chi connectivity index (χ1v) is 4.50. The molecule has 0 aromatic heterocycles. The van der Waals surface area contributed by atoms with E-state index in [9.17, 15) is 4.79 Å². The Morgan fingerprint density at radius 2 is 2.08 bits per heavy atom. The summed E-state index contributed by atoms with van der Waals surface area (Å²) < 4.78 is 4.48. The zero-order valence-corrected chi connectivity index (χ0v) is 7.80. The molecule has 0 saturated heterocycles. The summed E-state index contributed by atoms with van der Waals surface area (Å²) in [5.41, 5.74) is -0.675. The van der Waals surface area contributed by atoms with E-state index in [-0.39, 0.29) is 0 Å². The van der Waals surface area contributed by atoms with Crippen molar-refractivity contribution in [1.82, 2.24) is 5.32 Å². The van der Waals surface area contributed by atoms with Gasteiger partial charge in [-0.1, -0.05) is 19.3 Å². The highest BCUT2D eigenvalue weighted by atomic mass is 16.5. The number of carbonyl (C=O) groups is 1. The number of alkyl carbamates (subject to hydrolysis) is 1. The molecule has 4 heteroatoms. The average Bonchev–Trinajstić information content (AvgIpc) is 2.19. The van der Waals surface area contributed by atoms with Gasteiger partial charge in [0, 0.05) is 0 Å². The number of hydrogen-bond acceptors (Lipinski definition) is 3. The van der Waals surface area contributed by atoms with E-state index in [2.05, 4.69) is 16.1 Å². The van der Waals surface area contributed by atoms with Crippen LogP contribution in [-0.4, -0.2) is 18.7 Å². The van der Waals surface area contributed by atoms with Crippen LogP contribution in [-0.2, 0) is 4.74 Å². The molecule has 0 atom stereocenters. The highest BCUT2D eigenvalue weighted by Crippen LogP contribution is 2.27. The lowest BCUT2D eigenvalue weighted by Crippen LogP contribution is -2.48. The second-order valence-corrected chi connectivity index (χ2v) is 3.37. The van der Waals surface area contributed by atoms with Gasteiger partial charge in [-0.3, -0.25) is 0 Å². The molecule has 0 heterocycles. The molecule has 1 saturated carbocycles. The predicted molar refractivity (Wildman–Crippen MR) is 47.0 cm³/mol. The average molecular weight is 182 g/mol. The maximum absolute atomic E-state index is 11.0. The molecule has 72 valence electrons. The third kappa shape index (κ3) is 2.35. The van der Waals surface area contributed by atoms with Crippen molar-refractivity contribution in [2.24, 2.45) is 0 Å². The van der Waals surface area contributed by atoms with Crippen LogP contribution in [0.2, 0.25) is 0 Å². The first-order valence-electron chi connectivity index (χ1n) is 4.50. The Labute approximate surface area is 77.9 Å². The van der Waals surface area contributed by atoms with Crippen molar-refractivity contribution >= 4 is 6.09 Å². The molecule has 0 aromatic carbocycles. The lowest BCUT2D eigenvalue weighted by Gasteiger charge is -2.30. The Balaban J connectivity index is 2.59. The highest BCUT2D eigenvalue weighted by molar-refractivity contribution is 5.68. The molecular weight excluding hydrogens is 168 g/mol. The third-order valence-electron chi connectivity index (χ3n) is 2.45. The number of nitriles is 1. The number of carbonyl (C=O) groups excluding carboxylic acids is 1. The molecule has 0 bridgehead atoms. The first kappa shape index (κ1) is 9.85. The number of nitrogens with one attached hydrogen (secondary N) is 1. The van der Waals surface area contributed by atoms with Crippen molar-refractivity contribution in [3.05, 3.63) is 0 Å². The normalized spacial score (nSPS) is 20.0. The largest absolute Gasteiger partial charge is 0.453 e. The van der Waals surface area contributed by atoms with Crippen LogP contribution in [0, 0.1) is 11.3 Å². The van der Waals surface area contributed by atoms with E-state index < -0.39 is 11.6 Å². The molecule has 0 aromatic rings. The summed E-state index contributed by atoms with van der Waals surface area (Å²) in [6, 6.07) is 2.17. The van der Waals surface area contributed by atoms with Crippen LogP contribution >= 0.6 is 0 Å². The van der Waals surface area contributed by atoms with Gasteiger partial charge >= 0.3 is 6.09 Å². The number of hydrogen-bond donors (Lipinski definition) is 1. The topological polar surface area (TPSA) is 62.1 Å². The first-order chi connectivity index (χ1) is 6.22. The molecule has 1 N–H and O–H groups in total. The lowest BCUT2D eigenvalue weighted by atomic mass is 9.83. The third-order valence-corrected chi connectivity index (χ3v) is 2.45. The summed E-state index contributed by atoms with van der Waals surface area (Å²) in [6.45, 7) is 0. The highest BCUT2D eigenvalue weighted by Gasteiger charge is 2.33.